The Hall–Kier alpha value is -5.66. The summed E-state index contributed by atoms with van der Waals surface area (Å²) in [7, 11) is 0. The van der Waals surface area contributed by atoms with E-state index in [1.807, 2.05) is 0 Å². The Morgan fingerprint density at radius 3 is 1.42 bits per heavy atom. The van der Waals surface area contributed by atoms with Gasteiger partial charge in [-0.25, -0.2) is 0 Å². The molecule has 0 amide bonds. The normalized spacial score (nSPS) is 11.7. The van der Waals surface area contributed by atoms with Crippen molar-refractivity contribution in [2.45, 2.75) is 0 Å². The molecule has 0 aliphatic rings. The first kappa shape index (κ1) is 24.0. The third kappa shape index (κ3) is 3.79. The molecule has 9 aromatic rings. The van der Waals surface area contributed by atoms with E-state index in [-0.39, 0.29) is 0 Å². The molecule has 0 aliphatic carbocycles. The van der Waals surface area contributed by atoms with Gasteiger partial charge in [-0.3, -0.25) is 0 Å². The van der Waals surface area contributed by atoms with Gasteiger partial charge in [-0.1, -0.05) is 133 Å². The zero-order valence-electron chi connectivity index (χ0n) is 23.5. The predicted octanol–water partition coefficient (Wildman–Crippen LogP) is 11.8. The molecule has 0 bridgehead atoms. The highest BCUT2D eigenvalue weighted by molar-refractivity contribution is 6.25. The highest BCUT2D eigenvalue weighted by atomic mass is 14.7. The summed E-state index contributed by atoms with van der Waals surface area (Å²) in [5.74, 6) is 0. The van der Waals surface area contributed by atoms with Crippen LogP contribution in [0.4, 0.5) is 0 Å². The maximum absolute atomic E-state index is 3.67. The van der Waals surface area contributed by atoms with E-state index in [0.717, 1.165) is 0 Å². The van der Waals surface area contributed by atoms with E-state index in [4.69, 9.17) is 0 Å². The molecule has 200 valence electrons. The van der Waals surface area contributed by atoms with E-state index in [9.17, 15) is 0 Å². The van der Waals surface area contributed by atoms with Crippen LogP contribution in [0.1, 0.15) is 0 Å². The van der Waals surface area contributed by atoms with Gasteiger partial charge in [0.25, 0.3) is 0 Å². The van der Waals surface area contributed by atoms with Crippen molar-refractivity contribution in [2.24, 2.45) is 0 Å². The lowest BCUT2D eigenvalue weighted by Gasteiger charge is -2.13. The number of H-pyrrole nitrogens is 1. The molecule has 0 aliphatic heterocycles. The third-order valence-corrected chi connectivity index (χ3v) is 8.99. The average Bonchev–Trinajstić information content (AvgIpc) is 3.47. The first-order chi connectivity index (χ1) is 21.3. The lowest BCUT2D eigenvalue weighted by molar-refractivity contribution is 1.53. The molecule has 0 spiro atoms. The van der Waals surface area contributed by atoms with Crippen LogP contribution in [0.5, 0.6) is 0 Å². The van der Waals surface area contributed by atoms with Crippen LogP contribution in [0.3, 0.4) is 0 Å². The van der Waals surface area contributed by atoms with E-state index in [1.54, 1.807) is 0 Å². The van der Waals surface area contributed by atoms with Crippen molar-refractivity contribution in [1.82, 2.24) is 4.98 Å². The fraction of sp³-hybridized carbons (Fsp3) is 0. The summed E-state index contributed by atoms with van der Waals surface area (Å²) in [6.07, 6.45) is 0. The van der Waals surface area contributed by atoms with E-state index < -0.39 is 0 Å². The standard InChI is InChI=1S/C42H27N/c1-2-16-35-33(14-1)34-15-3-4-17-36(34)40-26-30(22-23-37(35)40)28-11-7-10-27(24-28)29-12-8-13-31(25-29)32-19-9-20-39-38-18-5-6-21-41(38)43-42(32)39/h1-26,43H. The second kappa shape index (κ2) is 9.44. The lowest BCUT2D eigenvalue weighted by Crippen LogP contribution is -1.86. The highest BCUT2D eigenvalue weighted by Gasteiger charge is 2.12. The summed E-state index contributed by atoms with van der Waals surface area (Å²) in [6, 6.07) is 57.5. The summed E-state index contributed by atoms with van der Waals surface area (Å²) >= 11 is 0. The first-order valence-electron chi connectivity index (χ1n) is 14.9. The topological polar surface area (TPSA) is 15.8 Å². The number of nitrogens with one attached hydrogen (secondary N) is 1. The molecule has 1 heterocycles. The predicted molar refractivity (Wildman–Crippen MR) is 185 cm³/mol. The van der Waals surface area contributed by atoms with Gasteiger partial charge in [0.1, 0.15) is 0 Å². The minimum absolute atomic E-state index is 1.17. The third-order valence-electron chi connectivity index (χ3n) is 8.99. The second-order valence-electron chi connectivity index (χ2n) is 11.4. The van der Waals surface area contributed by atoms with Gasteiger partial charge in [-0.2, -0.15) is 0 Å². The van der Waals surface area contributed by atoms with Crippen molar-refractivity contribution in [2.75, 3.05) is 0 Å². The largest absolute Gasteiger partial charge is 0.354 e. The fourth-order valence-electron chi connectivity index (χ4n) is 6.95. The van der Waals surface area contributed by atoms with Crippen LogP contribution in [0, 0.1) is 0 Å². The highest BCUT2D eigenvalue weighted by Crippen LogP contribution is 2.38. The first-order valence-corrected chi connectivity index (χ1v) is 14.9. The van der Waals surface area contributed by atoms with Crippen molar-refractivity contribution in [3.8, 4) is 33.4 Å². The van der Waals surface area contributed by atoms with E-state index in [2.05, 4.69) is 163 Å². The quantitative estimate of drug-likeness (QED) is 0.213. The van der Waals surface area contributed by atoms with Gasteiger partial charge in [0.15, 0.2) is 0 Å². The Bertz CT molecular complexity index is 2480. The molecule has 0 fully saturated rings. The molecule has 1 aromatic heterocycles. The van der Waals surface area contributed by atoms with Crippen molar-refractivity contribution < 1.29 is 0 Å². The molecule has 8 aromatic carbocycles. The van der Waals surface area contributed by atoms with Crippen LogP contribution in [-0.4, -0.2) is 4.98 Å². The van der Waals surface area contributed by atoms with E-state index in [1.165, 1.54) is 87.5 Å². The second-order valence-corrected chi connectivity index (χ2v) is 11.4. The van der Waals surface area contributed by atoms with Gasteiger partial charge < -0.3 is 4.98 Å². The maximum Gasteiger partial charge on any atom is 0.0544 e. The molecule has 43 heavy (non-hydrogen) atoms. The van der Waals surface area contributed by atoms with Gasteiger partial charge in [0, 0.05) is 21.9 Å². The van der Waals surface area contributed by atoms with Gasteiger partial charge in [-0.05, 0) is 84.4 Å². The molecule has 0 radical (unpaired) electrons. The summed E-state index contributed by atoms with van der Waals surface area (Å²) in [5.41, 5.74) is 9.67. The minimum Gasteiger partial charge on any atom is -0.354 e. The average molecular weight is 546 g/mol. The number of aromatic nitrogens is 1. The molecule has 1 heteroatoms. The van der Waals surface area contributed by atoms with Gasteiger partial charge in [0.05, 0.1) is 5.52 Å². The van der Waals surface area contributed by atoms with Gasteiger partial charge >= 0.3 is 0 Å². The van der Waals surface area contributed by atoms with Crippen molar-refractivity contribution in [1.29, 1.82) is 0 Å². The number of benzene rings is 8. The summed E-state index contributed by atoms with van der Waals surface area (Å²) in [4.78, 5) is 3.67. The molecule has 1 N–H and O–H groups in total. The lowest BCUT2D eigenvalue weighted by atomic mass is 9.91. The Morgan fingerprint density at radius 2 is 0.744 bits per heavy atom. The Kier molecular flexibility index (Phi) is 5.27. The SMILES string of the molecule is c1cc(-c2cccc(-c3cccc4c3[nH]c3ccccc34)c2)cc(-c2ccc3c4ccccc4c4ccccc4c3c2)c1. The molecule has 0 saturated carbocycles. The Balaban J connectivity index is 1.17. The molecule has 0 saturated heterocycles. The molecular weight excluding hydrogens is 518 g/mol. The molecule has 0 unspecified atom stereocenters. The molecule has 9 rings (SSSR count). The number of rotatable bonds is 3. The zero-order chi connectivity index (χ0) is 28.3. The fourth-order valence-corrected chi connectivity index (χ4v) is 6.95. The minimum atomic E-state index is 1.17. The number of fused-ring (bicyclic) bond motifs is 9. The van der Waals surface area contributed by atoms with Crippen LogP contribution in [0.2, 0.25) is 0 Å². The van der Waals surface area contributed by atoms with Crippen LogP contribution < -0.4 is 0 Å². The number of aromatic amines is 1. The molecule has 1 nitrogen and oxygen atoms in total. The van der Waals surface area contributed by atoms with Crippen molar-refractivity contribution in [3.63, 3.8) is 0 Å². The van der Waals surface area contributed by atoms with Crippen LogP contribution >= 0.6 is 0 Å². The molecule has 0 atom stereocenters. The smallest absolute Gasteiger partial charge is 0.0544 e. The van der Waals surface area contributed by atoms with E-state index in [0.29, 0.717) is 0 Å². The van der Waals surface area contributed by atoms with Crippen molar-refractivity contribution in [3.05, 3.63) is 158 Å². The summed E-state index contributed by atoms with van der Waals surface area (Å²) in [6.45, 7) is 0. The van der Waals surface area contributed by atoms with Crippen molar-refractivity contribution >= 4 is 54.1 Å². The summed E-state index contributed by atoms with van der Waals surface area (Å²) < 4.78 is 0. The molecular formula is C42H27N. The number of hydrogen-bond acceptors (Lipinski definition) is 0. The summed E-state index contributed by atoms with van der Waals surface area (Å²) in [5, 5.41) is 10.3. The van der Waals surface area contributed by atoms with Crippen LogP contribution in [-0.2, 0) is 0 Å². The Morgan fingerprint density at radius 1 is 0.279 bits per heavy atom. The zero-order valence-corrected chi connectivity index (χ0v) is 23.5. The Labute approximate surface area is 249 Å². The van der Waals surface area contributed by atoms with Crippen LogP contribution in [0.15, 0.2) is 158 Å². The number of hydrogen-bond donors (Lipinski definition) is 1. The van der Waals surface area contributed by atoms with Gasteiger partial charge in [-0.15, -0.1) is 0 Å². The maximum atomic E-state index is 3.67. The van der Waals surface area contributed by atoms with E-state index >= 15 is 0 Å². The monoisotopic (exact) mass is 545 g/mol. The van der Waals surface area contributed by atoms with Gasteiger partial charge in [0.2, 0.25) is 0 Å². The van der Waals surface area contributed by atoms with Crippen LogP contribution in [0.25, 0.3) is 87.5 Å². The number of para-hydroxylation sites is 2.